The van der Waals surface area contributed by atoms with Crippen molar-refractivity contribution >= 4 is 34.8 Å². The summed E-state index contributed by atoms with van der Waals surface area (Å²) in [5.74, 6) is -2.17. The van der Waals surface area contributed by atoms with Crippen molar-refractivity contribution in [3.63, 3.8) is 0 Å². The van der Waals surface area contributed by atoms with Gasteiger partial charge in [-0.3, -0.25) is 9.59 Å². The zero-order valence-electron chi connectivity index (χ0n) is 20.0. The number of thiophene rings is 1. The summed E-state index contributed by atoms with van der Waals surface area (Å²) in [5.41, 5.74) is 6.72. The molecule has 0 saturated heterocycles. The Balaban J connectivity index is 0.000000809. The highest BCUT2D eigenvalue weighted by atomic mass is 32.1. The van der Waals surface area contributed by atoms with Gasteiger partial charge in [-0.05, 0) is 48.1 Å². The zero-order chi connectivity index (χ0) is 27.3. The van der Waals surface area contributed by atoms with Gasteiger partial charge in [0.1, 0.15) is 5.75 Å². The van der Waals surface area contributed by atoms with Crippen LogP contribution in [0.2, 0.25) is 0 Å². The maximum Gasteiger partial charge on any atom is 0.490 e. The molecule has 2 atom stereocenters. The van der Waals surface area contributed by atoms with Gasteiger partial charge in [0, 0.05) is 29.1 Å². The third-order valence-electron chi connectivity index (χ3n) is 4.47. The minimum atomic E-state index is -5.08. The molecule has 1 heterocycles. The van der Waals surface area contributed by atoms with Crippen LogP contribution in [0.5, 0.6) is 5.75 Å². The minimum absolute atomic E-state index is 0.218. The largest absolute Gasteiger partial charge is 0.497 e. The van der Waals surface area contributed by atoms with E-state index >= 15 is 0 Å². The Hall–Kier alpha value is -3.38. The van der Waals surface area contributed by atoms with E-state index in [9.17, 15) is 22.8 Å². The number of carboxylic acid groups (broad SMARTS) is 1. The average molecular weight is 530 g/mol. The zero-order valence-corrected chi connectivity index (χ0v) is 20.9. The summed E-state index contributed by atoms with van der Waals surface area (Å²) in [6.07, 6.45) is -0.708. The number of hydrogen-bond donors (Lipinski definition) is 4. The summed E-state index contributed by atoms with van der Waals surface area (Å²) in [7, 11) is 1.59. The number of carboxylic acids is 1. The molecule has 1 aromatic carbocycles. The monoisotopic (exact) mass is 529 g/mol. The number of nitrogens with one attached hydrogen (secondary N) is 2. The normalized spacial score (nSPS) is 12.9. The lowest BCUT2D eigenvalue weighted by Gasteiger charge is -2.20. The van der Waals surface area contributed by atoms with Gasteiger partial charge < -0.3 is 26.2 Å². The highest BCUT2D eigenvalue weighted by Gasteiger charge is 2.38. The van der Waals surface area contributed by atoms with Crippen LogP contribution in [0.15, 0.2) is 53.9 Å². The second-order valence-corrected chi connectivity index (χ2v) is 9.05. The van der Waals surface area contributed by atoms with Gasteiger partial charge in [0.25, 0.3) is 0 Å². The summed E-state index contributed by atoms with van der Waals surface area (Å²) in [4.78, 5) is 34.7. The number of aliphatic carboxylic acids is 1. The van der Waals surface area contributed by atoms with Crippen LogP contribution in [0.25, 0.3) is 0 Å². The molecular weight excluding hydrogens is 499 g/mol. The predicted octanol–water partition coefficient (Wildman–Crippen LogP) is 3.99. The third-order valence-corrected chi connectivity index (χ3v) is 5.37. The van der Waals surface area contributed by atoms with E-state index in [1.807, 2.05) is 17.5 Å². The maximum atomic E-state index is 12.5. The minimum Gasteiger partial charge on any atom is -0.497 e. The summed E-state index contributed by atoms with van der Waals surface area (Å²) >= 11 is 1.58. The standard InChI is InChI=1S/C22H29N3O3S.C2HF3O2/c1-15(2)13-17(25-22(27)20(23)14-19-5-4-12-29-19)8-11-21(26)24-16-6-9-18(28-3)10-7-16;3-2(4,5)1(6)7/h4-12,15,17,20H,13-14,23H2,1-3H3,(H,24,26)(H,25,27);(H,6,7)/t17-,20+;/m1./s1. The van der Waals surface area contributed by atoms with E-state index in [4.69, 9.17) is 20.4 Å². The molecule has 2 rings (SSSR count). The van der Waals surface area contributed by atoms with Crippen molar-refractivity contribution in [1.82, 2.24) is 5.32 Å². The van der Waals surface area contributed by atoms with E-state index in [-0.39, 0.29) is 17.9 Å². The lowest BCUT2D eigenvalue weighted by molar-refractivity contribution is -0.192. The van der Waals surface area contributed by atoms with Crippen LogP contribution in [-0.4, -0.2) is 48.3 Å². The van der Waals surface area contributed by atoms with Crippen LogP contribution < -0.4 is 21.1 Å². The summed E-state index contributed by atoms with van der Waals surface area (Å²) < 4.78 is 36.8. The Labute approximate surface area is 211 Å². The van der Waals surface area contributed by atoms with Gasteiger partial charge in [0.15, 0.2) is 0 Å². The molecule has 2 aromatic rings. The number of nitrogens with two attached hydrogens (primary N) is 1. The Morgan fingerprint density at radius 2 is 1.78 bits per heavy atom. The Morgan fingerprint density at radius 1 is 1.17 bits per heavy atom. The van der Waals surface area contributed by atoms with Crippen molar-refractivity contribution in [3.8, 4) is 5.75 Å². The fraction of sp³-hybridized carbons (Fsp3) is 0.375. The molecular formula is C24H30F3N3O5S. The first kappa shape index (κ1) is 30.7. The van der Waals surface area contributed by atoms with Gasteiger partial charge >= 0.3 is 12.1 Å². The average Bonchev–Trinajstić information content (AvgIpc) is 3.30. The number of hydrogen-bond acceptors (Lipinski definition) is 6. The van der Waals surface area contributed by atoms with Crippen LogP contribution in [0.3, 0.4) is 0 Å². The third kappa shape index (κ3) is 12.4. The number of amides is 2. The summed E-state index contributed by atoms with van der Waals surface area (Å²) in [5, 5.41) is 14.8. The summed E-state index contributed by atoms with van der Waals surface area (Å²) in [6, 6.07) is 10.1. The molecule has 0 aliphatic carbocycles. The molecule has 198 valence electrons. The molecule has 0 bridgehead atoms. The molecule has 2 amide bonds. The molecule has 0 spiro atoms. The summed E-state index contributed by atoms with van der Waals surface area (Å²) in [6.45, 7) is 4.13. The second kappa shape index (κ2) is 14.9. The van der Waals surface area contributed by atoms with Crippen LogP contribution in [0.4, 0.5) is 18.9 Å². The van der Waals surface area contributed by atoms with E-state index in [0.717, 1.165) is 10.6 Å². The van der Waals surface area contributed by atoms with Gasteiger partial charge in [-0.1, -0.05) is 26.0 Å². The second-order valence-electron chi connectivity index (χ2n) is 8.01. The molecule has 8 nitrogen and oxygen atoms in total. The first-order valence-electron chi connectivity index (χ1n) is 10.8. The van der Waals surface area contributed by atoms with Crippen molar-refractivity contribution in [2.75, 3.05) is 12.4 Å². The van der Waals surface area contributed by atoms with Crippen molar-refractivity contribution in [1.29, 1.82) is 0 Å². The van der Waals surface area contributed by atoms with E-state index in [1.54, 1.807) is 48.8 Å². The predicted molar refractivity (Wildman–Crippen MR) is 132 cm³/mol. The number of methoxy groups -OCH3 is 1. The molecule has 36 heavy (non-hydrogen) atoms. The van der Waals surface area contributed by atoms with Crippen LogP contribution in [-0.2, 0) is 20.8 Å². The maximum absolute atomic E-state index is 12.5. The van der Waals surface area contributed by atoms with Crippen molar-refractivity contribution < 1.29 is 37.4 Å². The van der Waals surface area contributed by atoms with Gasteiger partial charge in [-0.15, -0.1) is 11.3 Å². The molecule has 12 heteroatoms. The fourth-order valence-electron chi connectivity index (χ4n) is 2.78. The van der Waals surface area contributed by atoms with Gasteiger partial charge in [0.05, 0.1) is 13.2 Å². The van der Waals surface area contributed by atoms with Gasteiger partial charge in [-0.25, -0.2) is 4.79 Å². The molecule has 5 N–H and O–H groups in total. The molecule has 0 aliphatic heterocycles. The van der Waals surface area contributed by atoms with Crippen molar-refractivity contribution in [2.45, 2.75) is 44.9 Å². The Kier molecular flexibility index (Phi) is 12.7. The van der Waals surface area contributed by atoms with Crippen LogP contribution >= 0.6 is 11.3 Å². The number of anilines is 1. The van der Waals surface area contributed by atoms with Crippen molar-refractivity contribution in [2.24, 2.45) is 11.7 Å². The Bertz CT molecular complexity index is 993. The molecule has 0 unspecified atom stereocenters. The first-order valence-corrected chi connectivity index (χ1v) is 11.7. The fourth-order valence-corrected chi connectivity index (χ4v) is 3.55. The van der Waals surface area contributed by atoms with E-state index < -0.39 is 18.2 Å². The van der Waals surface area contributed by atoms with Crippen molar-refractivity contribution in [3.05, 3.63) is 58.8 Å². The lowest BCUT2D eigenvalue weighted by atomic mass is 10.0. The van der Waals surface area contributed by atoms with Crippen LogP contribution in [0.1, 0.15) is 25.1 Å². The van der Waals surface area contributed by atoms with Gasteiger partial charge in [-0.2, -0.15) is 13.2 Å². The SMILES string of the molecule is COc1ccc(NC(=O)C=C[C@H](CC(C)C)NC(=O)[C@@H](N)Cc2cccs2)cc1.O=C(O)C(F)(F)F. The smallest absolute Gasteiger partial charge is 0.490 e. The number of halogens is 3. The molecule has 0 saturated carbocycles. The number of carbonyl (C=O) groups excluding carboxylic acids is 2. The first-order chi connectivity index (χ1) is 16.8. The number of ether oxygens (including phenoxy) is 1. The topological polar surface area (TPSA) is 131 Å². The van der Waals surface area contributed by atoms with E-state index in [2.05, 4.69) is 24.5 Å². The van der Waals surface area contributed by atoms with Crippen LogP contribution in [0, 0.1) is 5.92 Å². The number of alkyl halides is 3. The van der Waals surface area contributed by atoms with Gasteiger partial charge in [0.2, 0.25) is 11.8 Å². The van der Waals surface area contributed by atoms with E-state index in [1.165, 1.54) is 6.08 Å². The number of carbonyl (C=O) groups is 3. The molecule has 0 fully saturated rings. The molecule has 1 aromatic heterocycles. The highest BCUT2D eigenvalue weighted by molar-refractivity contribution is 7.09. The Morgan fingerprint density at radius 3 is 2.25 bits per heavy atom. The molecule has 0 aliphatic rings. The highest BCUT2D eigenvalue weighted by Crippen LogP contribution is 2.15. The lowest BCUT2D eigenvalue weighted by Crippen LogP contribution is -2.46. The molecule has 0 radical (unpaired) electrons. The number of rotatable bonds is 10. The van der Waals surface area contributed by atoms with E-state index in [0.29, 0.717) is 24.4 Å². The number of benzene rings is 1. The quantitative estimate of drug-likeness (QED) is 0.345.